The number of carbonyl (C=O) groups excluding carboxylic acids is 1. The lowest BCUT2D eigenvalue weighted by atomic mass is 10.1. The number of fused-ring (bicyclic) bond motifs is 1. The molecular formula is C9H5Cl3O3S. The van der Waals surface area contributed by atoms with Crippen LogP contribution in [0, 0.1) is 0 Å². The van der Waals surface area contributed by atoms with Crippen molar-refractivity contribution in [1.82, 2.24) is 0 Å². The lowest BCUT2D eigenvalue weighted by Crippen LogP contribution is -2.20. The van der Waals surface area contributed by atoms with E-state index in [1.807, 2.05) is 0 Å². The van der Waals surface area contributed by atoms with Gasteiger partial charge in [-0.15, -0.1) is 0 Å². The van der Waals surface area contributed by atoms with Gasteiger partial charge < -0.3 is 0 Å². The second-order valence-corrected chi connectivity index (χ2v) is 7.52. The molecule has 3 nitrogen and oxygen atoms in total. The van der Waals surface area contributed by atoms with Gasteiger partial charge in [0.25, 0.3) is 9.05 Å². The zero-order valence-electron chi connectivity index (χ0n) is 7.71. The average molecular weight is 300 g/mol. The lowest BCUT2D eigenvalue weighted by molar-refractivity contribution is 0.0985. The van der Waals surface area contributed by atoms with E-state index in [4.69, 9.17) is 33.9 Å². The van der Waals surface area contributed by atoms with Crippen LogP contribution in [-0.4, -0.2) is 18.5 Å². The van der Waals surface area contributed by atoms with Crippen LogP contribution in [0.15, 0.2) is 23.1 Å². The topological polar surface area (TPSA) is 51.2 Å². The molecule has 0 atom stereocenters. The van der Waals surface area contributed by atoms with Crippen molar-refractivity contribution in [1.29, 1.82) is 0 Å². The summed E-state index contributed by atoms with van der Waals surface area (Å²) < 4.78 is 20.7. The monoisotopic (exact) mass is 298 g/mol. The van der Waals surface area contributed by atoms with E-state index in [9.17, 15) is 13.2 Å². The van der Waals surface area contributed by atoms with Crippen LogP contribution in [0.1, 0.15) is 15.9 Å². The van der Waals surface area contributed by atoms with Crippen molar-refractivity contribution in [3.63, 3.8) is 0 Å². The van der Waals surface area contributed by atoms with Gasteiger partial charge in [0, 0.05) is 22.7 Å². The first-order valence-corrected chi connectivity index (χ1v) is 7.28. The molecule has 16 heavy (non-hydrogen) atoms. The molecule has 0 unspecified atom stereocenters. The Morgan fingerprint density at radius 2 is 1.88 bits per heavy atom. The summed E-state index contributed by atoms with van der Waals surface area (Å²) in [7, 11) is 1.38. The molecular weight excluding hydrogens is 295 g/mol. The molecule has 0 spiro atoms. The van der Waals surface area contributed by atoms with Gasteiger partial charge in [-0.3, -0.25) is 4.79 Å². The number of hydrogen-bond acceptors (Lipinski definition) is 3. The Bertz CT molecular complexity index is 578. The fraction of sp³-hybridized carbons (Fsp3) is 0.222. The quantitative estimate of drug-likeness (QED) is 0.591. The highest BCUT2D eigenvalue weighted by Gasteiger charge is 2.42. The second-order valence-electron chi connectivity index (χ2n) is 3.47. The summed E-state index contributed by atoms with van der Waals surface area (Å²) in [6.45, 7) is 0. The fourth-order valence-electron chi connectivity index (χ4n) is 1.61. The standard InChI is InChI=1S/C9H5Cl3O3S/c10-9(11)4-5-3-6(16(12,14)15)1-2-7(5)8(9)13/h1-3H,4H2. The molecule has 86 valence electrons. The highest BCUT2D eigenvalue weighted by atomic mass is 35.7. The number of hydrogen-bond donors (Lipinski definition) is 0. The Balaban J connectivity index is 2.58. The smallest absolute Gasteiger partial charge is 0.261 e. The highest BCUT2D eigenvalue weighted by molar-refractivity contribution is 8.13. The third-order valence-electron chi connectivity index (χ3n) is 2.35. The molecule has 0 saturated heterocycles. The van der Waals surface area contributed by atoms with E-state index in [-0.39, 0.29) is 11.3 Å². The van der Waals surface area contributed by atoms with E-state index >= 15 is 0 Å². The molecule has 7 heteroatoms. The maximum atomic E-state index is 11.6. The predicted molar refractivity (Wildman–Crippen MR) is 62.0 cm³/mol. The first-order valence-electron chi connectivity index (χ1n) is 4.22. The molecule has 0 bridgehead atoms. The minimum absolute atomic E-state index is 0.0632. The largest absolute Gasteiger partial charge is 0.291 e. The van der Waals surface area contributed by atoms with E-state index in [1.165, 1.54) is 18.2 Å². The molecule has 1 aromatic carbocycles. The van der Waals surface area contributed by atoms with Crippen LogP contribution in [0.3, 0.4) is 0 Å². The Kier molecular flexibility index (Phi) is 2.74. The summed E-state index contributed by atoms with van der Waals surface area (Å²) in [6, 6.07) is 3.95. The van der Waals surface area contributed by atoms with E-state index in [1.54, 1.807) is 0 Å². The lowest BCUT2D eigenvalue weighted by Gasteiger charge is -2.06. The predicted octanol–water partition coefficient (Wildman–Crippen LogP) is 2.53. The van der Waals surface area contributed by atoms with E-state index in [0.29, 0.717) is 11.1 Å². The van der Waals surface area contributed by atoms with Crippen LogP contribution >= 0.6 is 33.9 Å². The molecule has 1 aliphatic rings. The minimum Gasteiger partial charge on any atom is -0.291 e. The Morgan fingerprint density at radius 3 is 2.44 bits per heavy atom. The van der Waals surface area contributed by atoms with Gasteiger partial charge in [-0.1, -0.05) is 23.2 Å². The van der Waals surface area contributed by atoms with E-state index in [2.05, 4.69) is 0 Å². The molecule has 0 aromatic heterocycles. The second kappa shape index (κ2) is 3.60. The number of rotatable bonds is 1. The van der Waals surface area contributed by atoms with Crippen LogP contribution in [0.5, 0.6) is 0 Å². The van der Waals surface area contributed by atoms with Gasteiger partial charge in [0.1, 0.15) is 0 Å². The molecule has 0 radical (unpaired) electrons. The molecule has 0 amide bonds. The molecule has 2 rings (SSSR count). The van der Waals surface area contributed by atoms with Crippen LogP contribution in [0.2, 0.25) is 0 Å². The van der Waals surface area contributed by atoms with Gasteiger partial charge >= 0.3 is 0 Å². The molecule has 0 N–H and O–H groups in total. The minimum atomic E-state index is -3.80. The molecule has 1 aliphatic carbocycles. The molecule has 0 fully saturated rings. The van der Waals surface area contributed by atoms with Gasteiger partial charge in [-0.2, -0.15) is 0 Å². The molecule has 1 aromatic rings. The van der Waals surface area contributed by atoms with Crippen LogP contribution in [-0.2, 0) is 15.5 Å². The molecule has 0 aliphatic heterocycles. The van der Waals surface area contributed by atoms with E-state index < -0.39 is 19.2 Å². The summed E-state index contributed by atoms with van der Waals surface area (Å²) in [5.41, 5.74) is 0.839. The first-order chi connectivity index (χ1) is 7.22. The zero-order chi connectivity index (χ0) is 12.1. The van der Waals surface area contributed by atoms with Crippen molar-refractivity contribution < 1.29 is 13.2 Å². The van der Waals surface area contributed by atoms with Crippen molar-refractivity contribution in [3.8, 4) is 0 Å². The summed E-state index contributed by atoms with van der Waals surface area (Å²) in [4.78, 5) is 11.6. The van der Waals surface area contributed by atoms with Crippen molar-refractivity contribution in [2.24, 2.45) is 0 Å². The van der Waals surface area contributed by atoms with Crippen molar-refractivity contribution in [2.45, 2.75) is 15.6 Å². The van der Waals surface area contributed by atoms with Gasteiger partial charge in [0.05, 0.1) is 4.90 Å². The summed E-state index contributed by atoms with van der Waals surface area (Å²) in [5, 5.41) is 0. The van der Waals surface area contributed by atoms with Gasteiger partial charge in [0.2, 0.25) is 0 Å². The Morgan fingerprint density at radius 1 is 1.25 bits per heavy atom. The summed E-state index contributed by atoms with van der Waals surface area (Å²) in [5.74, 6) is -0.413. The maximum absolute atomic E-state index is 11.6. The number of ketones is 1. The summed E-state index contributed by atoms with van der Waals surface area (Å²) in [6.07, 6.45) is 0.0878. The highest BCUT2D eigenvalue weighted by Crippen LogP contribution is 2.39. The average Bonchev–Trinajstić information content (AvgIpc) is 2.36. The van der Waals surface area contributed by atoms with Crippen molar-refractivity contribution in [3.05, 3.63) is 29.3 Å². The molecule has 0 heterocycles. The maximum Gasteiger partial charge on any atom is 0.261 e. The van der Waals surface area contributed by atoms with Crippen LogP contribution in [0.25, 0.3) is 0 Å². The zero-order valence-corrected chi connectivity index (χ0v) is 10.8. The normalized spacial score (nSPS) is 18.6. The third-order valence-corrected chi connectivity index (χ3v) is 4.31. The number of halogens is 3. The number of benzene rings is 1. The van der Waals surface area contributed by atoms with Crippen LogP contribution < -0.4 is 0 Å². The number of alkyl halides is 2. The van der Waals surface area contributed by atoms with Crippen molar-refractivity contribution >= 4 is 48.7 Å². The van der Waals surface area contributed by atoms with Gasteiger partial charge in [0.15, 0.2) is 10.1 Å². The fourth-order valence-corrected chi connectivity index (χ4v) is 2.90. The van der Waals surface area contributed by atoms with Crippen molar-refractivity contribution in [2.75, 3.05) is 0 Å². The van der Waals surface area contributed by atoms with Gasteiger partial charge in [-0.25, -0.2) is 8.42 Å². The summed E-state index contributed by atoms with van der Waals surface area (Å²) >= 11 is 11.6. The third kappa shape index (κ3) is 1.95. The van der Waals surface area contributed by atoms with Crippen LogP contribution in [0.4, 0.5) is 0 Å². The Hall–Kier alpha value is -0.290. The van der Waals surface area contributed by atoms with Gasteiger partial charge in [-0.05, 0) is 23.8 Å². The SMILES string of the molecule is O=C1c2ccc(S(=O)(=O)Cl)cc2CC1(Cl)Cl. The number of carbonyl (C=O) groups is 1. The molecule has 0 saturated carbocycles. The first kappa shape index (κ1) is 12.2. The number of Topliss-reactive ketones (excluding diaryl/α,β-unsaturated/α-hetero) is 1. The Labute approximate surface area is 107 Å². The van der Waals surface area contributed by atoms with E-state index in [0.717, 1.165) is 0 Å².